The van der Waals surface area contributed by atoms with Gasteiger partial charge in [0.2, 0.25) is 11.8 Å². The van der Waals surface area contributed by atoms with E-state index < -0.39 is 61.6 Å². The smallest absolute Gasteiger partial charge is 0.408 e. The lowest BCUT2D eigenvalue weighted by Crippen LogP contribution is -2.47. The number of methoxy groups -OCH3 is 2. The Balaban J connectivity index is 4.47. The van der Waals surface area contributed by atoms with Crippen molar-refractivity contribution in [2.24, 2.45) is 0 Å². The average molecular weight is 375 g/mol. The van der Waals surface area contributed by atoms with Crippen molar-refractivity contribution in [3.05, 3.63) is 0 Å². The van der Waals surface area contributed by atoms with Gasteiger partial charge in [-0.2, -0.15) is 0 Å². The number of ether oxygens (including phenoxy) is 3. The van der Waals surface area contributed by atoms with Gasteiger partial charge in [0.15, 0.2) is 0 Å². The second kappa shape index (κ2) is 10.9. The monoisotopic (exact) mass is 375 g/mol. The fraction of sp³-hybridized carbons (Fsp3) is 0.667. The van der Waals surface area contributed by atoms with Gasteiger partial charge < -0.3 is 29.7 Å². The van der Waals surface area contributed by atoms with Gasteiger partial charge in [-0.1, -0.05) is 0 Å². The van der Waals surface area contributed by atoms with Crippen LogP contribution in [0.15, 0.2) is 0 Å². The molecule has 0 aliphatic carbocycles. The van der Waals surface area contributed by atoms with Crippen molar-refractivity contribution < 1.29 is 38.2 Å². The normalized spacial score (nSPS) is 10.3. The maximum Gasteiger partial charge on any atom is 0.408 e. The van der Waals surface area contributed by atoms with Crippen molar-refractivity contribution in [2.75, 3.05) is 40.4 Å². The quantitative estimate of drug-likeness (QED) is 0.398. The minimum Gasteiger partial charge on any atom is -0.468 e. The van der Waals surface area contributed by atoms with Crippen molar-refractivity contribution in [3.63, 3.8) is 0 Å². The lowest BCUT2D eigenvalue weighted by Gasteiger charge is -2.21. The number of amides is 3. The number of nitrogens with one attached hydrogen (secondary N) is 2. The molecule has 2 N–H and O–H groups in total. The Hall–Kier alpha value is -2.85. The highest BCUT2D eigenvalue weighted by molar-refractivity contribution is 5.90. The molecule has 0 unspecified atom stereocenters. The summed E-state index contributed by atoms with van der Waals surface area (Å²) < 4.78 is 13.8. The number of alkyl carbamates (subject to hydrolysis) is 1. The van der Waals surface area contributed by atoms with Gasteiger partial charge >= 0.3 is 18.0 Å². The first-order chi connectivity index (χ1) is 12.0. The highest BCUT2D eigenvalue weighted by Gasteiger charge is 2.22. The zero-order chi connectivity index (χ0) is 20.3. The molecule has 0 aromatic carbocycles. The zero-order valence-electron chi connectivity index (χ0n) is 15.5. The molecule has 0 aromatic heterocycles. The number of carbonyl (C=O) groups is 5. The molecule has 0 saturated heterocycles. The summed E-state index contributed by atoms with van der Waals surface area (Å²) in [5.41, 5.74) is -0.710. The van der Waals surface area contributed by atoms with Crippen LogP contribution in [0.4, 0.5) is 4.79 Å². The average Bonchev–Trinajstić information content (AvgIpc) is 2.55. The van der Waals surface area contributed by atoms with Gasteiger partial charge in [0.25, 0.3) is 0 Å². The summed E-state index contributed by atoms with van der Waals surface area (Å²) >= 11 is 0. The summed E-state index contributed by atoms with van der Waals surface area (Å²) in [5, 5.41) is 4.49. The van der Waals surface area contributed by atoms with E-state index in [9.17, 15) is 24.0 Å². The number of nitrogens with zero attached hydrogens (tertiary/aromatic N) is 1. The SMILES string of the molecule is COC(=O)CN(CC(=O)OC)C(=O)CNC(=O)CNC(=O)OC(C)(C)C. The molecule has 26 heavy (non-hydrogen) atoms. The van der Waals surface area contributed by atoms with Gasteiger partial charge in [0.1, 0.15) is 25.2 Å². The van der Waals surface area contributed by atoms with E-state index in [4.69, 9.17) is 4.74 Å². The lowest BCUT2D eigenvalue weighted by molar-refractivity contribution is -0.151. The molecule has 0 saturated carbocycles. The van der Waals surface area contributed by atoms with Crippen molar-refractivity contribution in [1.29, 1.82) is 0 Å². The third kappa shape index (κ3) is 10.8. The van der Waals surface area contributed by atoms with Crippen LogP contribution >= 0.6 is 0 Å². The minimum absolute atomic E-state index is 0.407. The first kappa shape index (κ1) is 23.1. The summed E-state index contributed by atoms with van der Waals surface area (Å²) in [6, 6.07) is 0. The molecule has 0 atom stereocenters. The van der Waals surface area contributed by atoms with E-state index in [0.29, 0.717) is 0 Å². The predicted molar refractivity (Wildman–Crippen MR) is 87.9 cm³/mol. The van der Waals surface area contributed by atoms with Crippen LogP contribution in [0.3, 0.4) is 0 Å². The summed E-state index contributed by atoms with van der Waals surface area (Å²) in [7, 11) is 2.26. The van der Waals surface area contributed by atoms with Crippen molar-refractivity contribution in [3.8, 4) is 0 Å². The van der Waals surface area contributed by atoms with Crippen LogP contribution < -0.4 is 10.6 Å². The van der Waals surface area contributed by atoms with Crippen molar-refractivity contribution in [1.82, 2.24) is 15.5 Å². The summed E-state index contributed by atoms with van der Waals surface area (Å²) in [6.45, 7) is 3.17. The van der Waals surface area contributed by atoms with Gasteiger partial charge in [-0.05, 0) is 20.8 Å². The standard InChI is InChI=1S/C15H25N3O8/c1-15(2,3)26-14(23)17-6-10(19)16-7-11(20)18(8-12(21)24-4)9-13(22)25-5/h6-9H2,1-5H3,(H,16,19)(H,17,23). The fourth-order valence-corrected chi connectivity index (χ4v) is 1.49. The number of hydrogen-bond donors (Lipinski definition) is 2. The van der Waals surface area contributed by atoms with Gasteiger partial charge in [-0.3, -0.25) is 19.2 Å². The van der Waals surface area contributed by atoms with E-state index in [2.05, 4.69) is 20.1 Å². The van der Waals surface area contributed by atoms with E-state index in [1.165, 1.54) is 0 Å². The first-order valence-electron chi connectivity index (χ1n) is 7.63. The minimum atomic E-state index is -0.781. The molecule has 11 heteroatoms. The van der Waals surface area contributed by atoms with E-state index in [1.807, 2.05) is 0 Å². The Labute approximate surface area is 151 Å². The third-order valence-corrected chi connectivity index (χ3v) is 2.68. The van der Waals surface area contributed by atoms with Crippen LogP contribution in [0, 0.1) is 0 Å². The summed E-state index contributed by atoms with van der Waals surface area (Å²) in [5.74, 6) is -2.83. The maximum absolute atomic E-state index is 12.1. The van der Waals surface area contributed by atoms with Gasteiger partial charge in [0, 0.05) is 0 Å². The number of carbonyl (C=O) groups excluding carboxylic acids is 5. The topological polar surface area (TPSA) is 140 Å². The molecular weight excluding hydrogens is 350 g/mol. The Kier molecular flexibility index (Phi) is 9.71. The van der Waals surface area contributed by atoms with E-state index in [0.717, 1.165) is 19.1 Å². The second-order valence-corrected chi connectivity index (χ2v) is 6.03. The Morgan fingerprint density at radius 1 is 0.846 bits per heavy atom. The molecule has 11 nitrogen and oxygen atoms in total. The highest BCUT2D eigenvalue weighted by atomic mass is 16.6. The molecule has 0 spiro atoms. The van der Waals surface area contributed by atoms with Crippen molar-refractivity contribution in [2.45, 2.75) is 26.4 Å². The molecule has 0 aromatic rings. The maximum atomic E-state index is 12.1. The molecule has 0 aliphatic rings. The summed E-state index contributed by atoms with van der Waals surface area (Å²) in [6.07, 6.45) is -0.781. The first-order valence-corrected chi connectivity index (χ1v) is 7.63. The molecule has 0 aliphatic heterocycles. The number of rotatable bonds is 8. The van der Waals surface area contributed by atoms with Crippen LogP contribution in [0.25, 0.3) is 0 Å². The molecule has 0 bridgehead atoms. The predicted octanol–water partition coefficient (Wildman–Crippen LogP) is -1.20. The van der Waals surface area contributed by atoms with Gasteiger partial charge in [-0.15, -0.1) is 0 Å². The van der Waals surface area contributed by atoms with Crippen LogP contribution in [-0.4, -0.2) is 80.7 Å². The van der Waals surface area contributed by atoms with Gasteiger partial charge in [0.05, 0.1) is 20.8 Å². The van der Waals surface area contributed by atoms with Crippen LogP contribution in [-0.2, 0) is 33.4 Å². The molecule has 3 amide bonds. The van der Waals surface area contributed by atoms with Crippen LogP contribution in [0.1, 0.15) is 20.8 Å². The number of hydrogen-bond acceptors (Lipinski definition) is 8. The molecule has 0 heterocycles. The lowest BCUT2D eigenvalue weighted by atomic mass is 10.2. The third-order valence-electron chi connectivity index (χ3n) is 2.68. The molecule has 0 fully saturated rings. The van der Waals surface area contributed by atoms with E-state index in [1.54, 1.807) is 20.8 Å². The summed E-state index contributed by atoms with van der Waals surface area (Å²) in [4.78, 5) is 58.6. The molecule has 0 rings (SSSR count). The Morgan fingerprint density at radius 3 is 1.77 bits per heavy atom. The Morgan fingerprint density at radius 2 is 1.35 bits per heavy atom. The fourth-order valence-electron chi connectivity index (χ4n) is 1.49. The number of esters is 2. The molecule has 0 radical (unpaired) electrons. The van der Waals surface area contributed by atoms with Crippen LogP contribution in [0.2, 0.25) is 0 Å². The second-order valence-electron chi connectivity index (χ2n) is 6.03. The van der Waals surface area contributed by atoms with E-state index >= 15 is 0 Å². The largest absolute Gasteiger partial charge is 0.468 e. The molecule has 148 valence electrons. The highest BCUT2D eigenvalue weighted by Crippen LogP contribution is 2.06. The van der Waals surface area contributed by atoms with Crippen LogP contribution in [0.5, 0.6) is 0 Å². The van der Waals surface area contributed by atoms with Crippen molar-refractivity contribution >= 4 is 29.8 Å². The zero-order valence-corrected chi connectivity index (χ0v) is 15.5. The van der Waals surface area contributed by atoms with E-state index in [-0.39, 0.29) is 0 Å². The Bertz CT molecular complexity index is 523. The molecular formula is C15H25N3O8. The van der Waals surface area contributed by atoms with Gasteiger partial charge in [-0.25, -0.2) is 4.79 Å².